The summed E-state index contributed by atoms with van der Waals surface area (Å²) in [4.78, 5) is 4.78. The Balaban J connectivity index is 0.00000608. The number of hydrogen-bond acceptors (Lipinski definition) is 3. The molecule has 3 heterocycles. The summed E-state index contributed by atoms with van der Waals surface area (Å²) in [5.41, 5.74) is 4.13. The summed E-state index contributed by atoms with van der Waals surface area (Å²) in [7, 11) is 0. The molecule has 0 fully saturated rings. The van der Waals surface area contributed by atoms with Crippen molar-refractivity contribution in [3.8, 4) is 57.0 Å². The number of nitriles is 1. The SMILES string of the molecule is [2H]c1c([2H])c([2H])c(-c2cccc(-c3c([2H])c([2H])c([2H])c([2H])c3[2H])c2-[n+]2[c-]n(-c3[c-]c(Oc4[c-]c5c(cc4)c4ccccc4n5-c4cc(C(C)(C)C)ccn4)ccc3)c3cc(C#N)ccc32)c([2H])c1[2H].[Pt]. The normalized spacial score (nSPS) is 13.8. The number of nitrogens with zero attached hydrogens (tertiary/aromatic N) is 5. The molecule has 0 atom stereocenters. The second-order valence-electron chi connectivity index (χ2n) is 14.9. The number of ether oxygens (including phenoxy) is 1. The van der Waals surface area contributed by atoms with Gasteiger partial charge in [-0.3, -0.25) is 4.57 Å². The zero-order valence-electron chi connectivity index (χ0n) is 42.4. The van der Waals surface area contributed by atoms with Gasteiger partial charge in [-0.25, -0.2) is 4.98 Å². The minimum atomic E-state index is -0.600. The van der Waals surface area contributed by atoms with Gasteiger partial charge in [-0.15, -0.1) is 29.7 Å². The van der Waals surface area contributed by atoms with Gasteiger partial charge in [0.2, 0.25) is 0 Å². The molecule has 0 saturated carbocycles. The standard InChI is InChI=1S/C53H37N5O.Pt/c1-53(2,3)39-28-29-55-51(31-39)58-47-23-11-10-20-45(47)46-26-25-42(33-49(46)58)59-41-19-12-18-40(32-41)56-35-57(48-27-24-36(34-54)30-50(48)56)52-43(37-14-6-4-7-15-37)21-13-22-44(52)38-16-8-5-9-17-38;/h4-31H,1-3H3;/q-2;/i4D,5D,6D,7D,8D,9D,14D,15D,16D,17D;. The molecule has 60 heavy (non-hydrogen) atoms. The average molecular weight is 965 g/mol. The van der Waals surface area contributed by atoms with Crippen LogP contribution in [0, 0.1) is 29.8 Å². The fourth-order valence-electron chi connectivity index (χ4n) is 7.40. The summed E-state index contributed by atoms with van der Waals surface area (Å²) in [6.45, 7) is 6.47. The molecule has 0 spiro atoms. The van der Waals surface area contributed by atoms with Gasteiger partial charge in [0.1, 0.15) is 5.82 Å². The maximum atomic E-state index is 10.1. The Kier molecular flexibility index (Phi) is 7.38. The Morgan fingerprint density at radius 2 is 1.42 bits per heavy atom. The Labute approximate surface area is 377 Å². The molecule has 0 aliphatic rings. The molecule has 0 aliphatic heterocycles. The second kappa shape index (κ2) is 15.6. The maximum absolute atomic E-state index is 10.1. The van der Waals surface area contributed by atoms with Crippen LogP contribution in [0.4, 0.5) is 0 Å². The predicted octanol–water partition coefficient (Wildman–Crippen LogP) is 12.1. The maximum Gasteiger partial charge on any atom is 0.268 e. The molecule has 7 aromatic carbocycles. The first-order valence-electron chi connectivity index (χ1n) is 23.8. The number of benzene rings is 7. The Morgan fingerprint density at radius 3 is 2.13 bits per heavy atom. The van der Waals surface area contributed by atoms with E-state index >= 15 is 0 Å². The number of rotatable bonds is 7. The van der Waals surface area contributed by atoms with Crippen LogP contribution in [-0.4, -0.2) is 14.1 Å². The molecule has 6 nitrogen and oxygen atoms in total. The van der Waals surface area contributed by atoms with Crippen LogP contribution in [-0.2, 0) is 26.5 Å². The van der Waals surface area contributed by atoms with E-state index in [2.05, 4.69) is 62.0 Å². The molecule has 0 radical (unpaired) electrons. The predicted molar refractivity (Wildman–Crippen MR) is 234 cm³/mol. The number of fused-ring (bicyclic) bond motifs is 4. The summed E-state index contributed by atoms with van der Waals surface area (Å²) in [5, 5.41) is 12.1. The third kappa shape index (κ3) is 6.87. The molecule has 0 amide bonds. The van der Waals surface area contributed by atoms with E-state index in [1.165, 1.54) is 10.6 Å². The van der Waals surface area contributed by atoms with Crippen molar-refractivity contribution in [2.75, 3.05) is 0 Å². The topological polar surface area (TPSA) is 59.6 Å². The quantitative estimate of drug-likeness (QED) is 0.118. The minimum absolute atomic E-state index is 0. The molecule has 0 aliphatic carbocycles. The summed E-state index contributed by atoms with van der Waals surface area (Å²) >= 11 is 0. The fourth-order valence-corrected chi connectivity index (χ4v) is 7.40. The van der Waals surface area contributed by atoms with Gasteiger partial charge in [-0.05, 0) is 74.6 Å². The van der Waals surface area contributed by atoms with Crippen molar-refractivity contribution in [1.29, 1.82) is 5.26 Å². The van der Waals surface area contributed by atoms with Gasteiger partial charge >= 0.3 is 0 Å². The van der Waals surface area contributed by atoms with Crippen molar-refractivity contribution >= 4 is 32.8 Å². The number of hydrogen-bond donors (Lipinski definition) is 0. The van der Waals surface area contributed by atoms with Crippen molar-refractivity contribution in [1.82, 2.24) is 14.1 Å². The van der Waals surface area contributed by atoms with E-state index in [4.69, 9.17) is 23.4 Å². The zero-order valence-corrected chi connectivity index (χ0v) is 34.6. The van der Waals surface area contributed by atoms with E-state index in [-0.39, 0.29) is 54.4 Å². The molecular weight excluding hydrogens is 918 g/mol. The van der Waals surface area contributed by atoms with E-state index in [9.17, 15) is 5.26 Å². The van der Waals surface area contributed by atoms with Crippen LogP contribution in [0.3, 0.4) is 0 Å². The molecule has 0 saturated heterocycles. The fraction of sp³-hybridized carbons (Fsp3) is 0.0755. The monoisotopic (exact) mass is 964 g/mol. The molecule has 0 N–H and O–H groups in total. The van der Waals surface area contributed by atoms with Gasteiger partial charge in [-0.2, -0.15) is 23.5 Å². The van der Waals surface area contributed by atoms with Gasteiger partial charge in [-0.1, -0.05) is 129 Å². The second-order valence-corrected chi connectivity index (χ2v) is 14.9. The van der Waals surface area contributed by atoms with Crippen LogP contribution >= 0.6 is 0 Å². The Hall–Kier alpha value is -7.06. The summed E-state index contributed by atoms with van der Waals surface area (Å²) in [6.07, 6.45) is 5.15. The molecular formula is C53H37N5OPt-2. The average Bonchev–Trinajstić information content (AvgIpc) is 3.89. The van der Waals surface area contributed by atoms with Crippen LogP contribution in [0.15, 0.2) is 170 Å². The zero-order chi connectivity index (χ0) is 48.8. The van der Waals surface area contributed by atoms with Crippen molar-refractivity contribution < 1.29 is 44.1 Å². The largest absolute Gasteiger partial charge is 0.510 e. The number of pyridine rings is 1. The Morgan fingerprint density at radius 1 is 0.717 bits per heavy atom. The third-order valence-corrected chi connectivity index (χ3v) is 10.2. The number of aromatic nitrogens is 4. The molecule has 3 aromatic heterocycles. The third-order valence-electron chi connectivity index (χ3n) is 10.2. The van der Waals surface area contributed by atoms with Crippen LogP contribution in [0.25, 0.3) is 72.3 Å². The van der Waals surface area contributed by atoms with E-state index < -0.39 is 60.4 Å². The molecule has 7 heteroatoms. The van der Waals surface area contributed by atoms with E-state index in [0.29, 0.717) is 33.8 Å². The van der Waals surface area contributed by atoms with Gasteiger partial charge in [0, 0.05) is 49.8 Å². The molecule has 10 rings (SSSR count). The minimum Gasteiger partial charge on any atom is -0.510 e. The van der Waals surface area contributed by atoms with Gasteiger partial charge in [0.25, 0.3) is 6.33 Å². The van der Waals surface area contributed by atoms with Gasteiger partial charge in [0.15, 0.2) is 0 Å². The van der Waals surface area contributed by atoms with Crippen LogP contribution in [0.1, 0.15) is 45.6 Å². The summed E-state index contributed by atoms with van der Waals surface area (Å²) in [6, 6.07) is 34.1. The van der Waals surface area contributed by atoms with Gasteiger partial charge < -0.3 is 13.9 Å². The van der Waals surface area contributed by atoms with E-state index in [1.54, 1.807) is 53.1 Å². The van der Waals surface area contributed by atoms with E-state index in [0.717, 1.165) is 33.2 Å². The molecule has 0 unspecified atom stereocenters. The smallest absolute Gasteiger partial charge is 0.268 e. The van der Waals surface area contributed by atoms with Crippen molar-refractivity contribution in [3.05, 3.63) is 199 Å². The van der Waals surface area contributed by atoms with Gasteiger partial charge in [0.05, 0.1) is 36.5 Å². The van der Waals surface area contributed by atoms with Crippen LogP contribution in [0.2, 0.25) is 0 Å². The summed E-state index contributed by atoms with van der Waals surface area (Å²) < 4.78 is 98.6. The first-order valence-corrected chi connectivity index (χ1v) is 18.8. The number of imidazole rings is 1. The summed E-state index contributed by atoms with van der Waals surface area (Å²) in [5.74, 6) is 1.43. The number of para-hydroxylation sites is 2. The Bertz CT molecular complexity index is 3710. The first-order chi connectivity index (χ1) is 33.0. The molecule has 10 aromatic rings. The van der Waals surface area contributed by atoms with Crippen LogP contribution < -0.4 is 9.30 Å². The van der Waals surface area contributed by atoms with Crippen molar-refractivity contribution in [3.63, 3.8) is 0 Å². The van der Waals surface area contributed by atoms with Crippen LogP contribution in [0.5, 0.6) is 11.5 Å². The van der Waals surface area contributed by atoms with Crippen molar-refractivity contribution in [2.45, 2.75) is 26.2 Å². The van der Waals surface area contributed by atoms with Crippen molar-refractivity contribution in [2.24, 2.45) is 0 Å². The molecule has 292 valence electrons. The first kappa shape index (κ1) is 28.4. The molecule has 0 bridgehead atoms. The van der Waals surface area contributed by atoms with E-state index in [1.807, 2.05) is 42.6 Å².